The van der Waals surface area contributed by atoms with Gasteiger partial charge in [-0.3, -0.25) is 4.79 Å². The van der Waals surface area contributed by atoms with Crippen LogP contribution in [0.25, 0.3) is 0 Å². The highest BCUT2D eigenvalue weighted by atomic mass is 35.5. The SMILES string of the molecule is COc1ccc(C(=O)Oc2ccc(/C=N\NC(=O)[C@H](C)Oc3ccc(Cl)cc3Cl)cc2)cc1. The van der Waals surface area contributed by atoms with E-state index < -0.39 is 18.0 Å². The second kappa shape index (κ2) is 11.4. The number of rotatable bonds is 8. The summed E-state index contributed by atoms with van der Waals surface area (Å²) in [5, 5.41) is 4.69. The van der Waals surface area contributed by atoms with E-state index in [1.807, 2.05) is 0 Å². The Hall–Kier alpha value is -3.55. The first kappa shape index (κ1) is 24.1. The van der Waals surface area contributed by atoms with E-state index in [1.165, 1.54) is 12.3 Å². The number of methoxy groups -OCH3 is 1. The summed E-state index contributed by atoms with van der Waals surface area (Å²) < 4.78 is 16.0. The van der Waals surface area contributed by atoms with Crippen molar-refractivity contribution in [1.29, 1.82) is 0 Å². The number of benzene rings is 3. The average molecular weight is 487 g/mol. The van der Waals surface area contributed by atoms with E-state index in [-0.39, 0.29) is 0 Å². The number of carbonyl (C=O) groups is 2. The average Bonchev–Trinajstić information content (AvgIpc) is 2.81. The summed E-state index contributed by atoms with van der Waals surface area (Å²) in [7, 11) is 1.55. The minimum atomic E-state index is -0.833. The van der Waals surface area contributed by atoms with Crippen molar-refractivity contribution in [3.63, 3.8) is 0 Å². The monoisotopic (exact) mass is 486 g/mol. The van der Waals surface area contributed by atoms with Gasteiger partial charge in [0.15, 0.2) is 6.10 Å². The van der Waals surface area contributed by atoms with Crippen LogP contribution in [0.5, 0.6) is 17.2 Å². The van der Waals surface area contributed by atoms with Crippen molar-refractivity contribution in [2.24, 2.45) is 5.10 Å². The first-order chi connectivity index (χ1) is 15.9. The first-order valence-corrected chi connectivity index (χ1v) is 10.5. The molecule has 0 aliphatic heterocycles. The lowest BCUT2D eigenvalue weighted by molar-refractivity contribution is -0.127. The molecule has 0 aliphatic rings. The highest BCUT2D eigenvalue weighted by Crippen LogP contribution is 2.28. The minimum Gasteiger partial charge on any atom is -0.497 e. The van der Waals surface area contributed by atoms with Gasteiger partial charge in [0, 0.05) is 5.02 Å². The standard InChI is InChI=1S/C24H20Cl2N2O5/c1-15(32-22-12-7-18(25)13-21(22)26)23(29)28-27-14-16-3-8-20(9-4-16)33-24(30)17-5-10-19(31-2)11-6-17/h3-15H,1-2H3,(H,28,29)/b27-14-/t15-/m0/s1. The molecule has 1 N–H and O–H groups in total. The molecule has 0 aliphatic carbocycles. The third-order valence-electron chi connectivity index (χ3n) is 4.37. The van der Waals surface area contributed by atoms with E-state index in [0.717, 1.165) is 0 Å². The van der Waals surface area contributed by atoms with Gasteiger partial charge < -0.3 is 14.2 Å². The fraction of sp³-hybridized carbons (Fsp3) is 0.125. The lowest BCUT2D eigenvalue weighted by Gasteiger charge is -2.14. The van der Waals surface area contributed by atoms with Crippen LogP contribution in [0, 0.1) is 0 Å². The van der Waals surface area contributed by atoms with Crippen molar-refractivity contribution in [3.8, 4) is 17.2 Å². The van der Waals surface area contributed by atoms with Crippen molar-refractivity contribution in [2.75, 3.05) is 7.11 Å². The number of nitrogens with one attached hydrogen (secondary N) is 1. The van der Waals surface area contributed by atoms with E-state index in [4.69, 9.17) is 37.4 Å². The Morgan fingerprint density at radius 3 is 2.27 bits per heavy atom. The Morgan fingerprint density at radius 1 is 0.970 bits per heavy atom. The second-order valence-corrected chi connectivity index (χ2v) is 7.60. The highest BCUT2D eigenvalue weighted by molar-refractivity contribution is 6.35. The number of ether oxygens (including phenoxy) is 3. The van der Waals surface area contributed by atoms with Gasteiger partial charge in [0.1, 0.15) is 17.2 Å². The van der Waals surface area contributed by atoms with Gasteiger partial charge in [-0.2, -0.15) is 5.10 Å². The van der Waals surface area contributed by atoms with Crippen LogP contribution < -0.4 is 19.6 Å². The molecule has 9 heteroatoms. The van der Waals surface area contributed by atoms with Crippen LogP contribution in [0.2, 0.25) is 10.0 Å². The van der Waals surface area contributed by atoms with Crippen LogP contribution in [0.3, 0.4) is 0 Å². The zero-order valence-electron chi connectivity index (χ0n) is 17.7. The molecule has 33 heavy (non-hydrogen) atoms. The van der Waals surface area contributed by atoms with Crippen molar-refractivity contribution in [1.82, 2.24) is 5.43 Å². The largest absolute Gasteiger partial charge is 0.497 e. The highest BCUT2D eigenvalue weighted by Gasteiger charge is 2.15. The van der Waals surface area contributed by atoms with E-state index in [9.17, 15) is 9.59 Å². The number of esters is 1. The van der Waals surface area contributed by atoms with Gasteiger partial charge in [0.2, 0.25) is 0 Å². The van der Waals surface area contributed by atoms with Crippen molar-refractivity contribution in [3.05, 3.63) is 87.9 Å². The van der Waals surface area contributed by atoms with E-state index in [2.05, 4.69) is 10.5 Å². The third kappa shape index (κ3) is 6.97. The molecule has 0 aromatic heterocycles. The summed E-state index contributed by atoms with van der Waals surface area (Å²) in [6, 6.07) is 18.0. The summed E-state index contributed by atoms with van der Waals surface area (Å²) >= 11 is 11.9. The van der Waals surface area contributed by atoms with Gasteiger partial charge >= 0.3 is 5.97 Å². The lowest BCUT2D eigenvalue weighted by atomic mass is 10.2. The van der Waals surface area contributed by atoms with Crippen LogP contribution in [-0.4, -0.2) is 31.3 Å². The molecule has 1 atom stereocenters. The van der Waals surface area contributed by atoms with E-state index >= 15 is 0 Å². The van der Waals surface area contributed by atoms with Gasteiger partial charge in [-0.05, 0) is 79.2 Å². The predicted molar refractivity (Wildman–Crippen MR) is 127 cm³/mol. The van der Waals surface area contributed by atoms with Gasteiger partial charge in [0.25, 0.3) is 5.91 Å². The molecule has 0 unspecified atom stereocenters. The summed E-state index contributed by atoms with van der Waals surface area (Å²) in [6.07, 6.45) is 0.621. The Bertz CT molecular complexity index is 1150. The molecule has 170 valence electrons. The first-order valence-electron chi connectivity index (χ1n) is 9.76. The number of halogens is 2. The molecule has 3 aromatic carbocycles. The smallest absolute Gasteiger partial charge is 0.343 e. The molecule has 7 nitrogen and oxygen atoms in total. The molecule has 0 fully saturated rings. The fourth-order valence-electron chi connectivity index (χ4n) is 2.59. The molecular formula is C24H20Cl2N2O5. The van der Waals surface area contributed by atoms with E-state index in [1.54, 1.807) is 74.7 Å². The number of hydrogen-bond acceptors (Lipinski definition) is 6. The Kier molecular flexibility index (Phi) is 8.29. The topological polar surface area (TPSA) is 86.2 Å². The lowest BCUT2D eigenvalue weighted by Crippen LogP contribution is -2.33. The fourth-order valence-corrected chi connectivity index (χ4v) is 3.04. The maximum atomic E-state index is 12.2. The molecule has 0 saturated carbocycles. The van der Waals surface area contributed by atoms with Crippen molar-refractivity contribution >= 4 is 41.3 Å². The van der Waals surface area contributed by atoms with Gasteiger partial charge in [-0.1, -0.05) is 23.2 Å². The molecular weight excluding hydrogens is 467 g/mol. The van der Waals surface area contributed by atoms with Crippen LogP contribution in [0.15, 0.2) is 71.8 Å². The summed E-state index contributed by atoms with van der Waals surface area (Å²) in [5.41, 5.74) is 3.49. The Morgan fingerprint density at radius 2 is 1.64 bits per heavy atom. The molecule has 3 rings (SSSR count). The second-order valence-electron chi connectivity index (χ2n) is 6.76. The van der Waals surface area contributed by atoms with E-state index in [0.29, 0.717) is 38.4 Å². The summed E-state index contributed by atoms with van der Waals surface area (Å²) in [6.45, 7) is 1.57. The van der Waals surface area contributed by atoms with Crippen molar-refractivity contribution < 1.29 is 23.8 Å². The Labute approximate surface area is 200 Å². The number of nitrogens with zero attached hydrogens (tertiary/aromatic N) is 1. The number of hydrazone groups is 1. The predicted octanol–water partition coefficient (Wildman–Crippen LogP) is 5.14. The molecule has 0 radical (unpaired) electrons. The van der Waals surface area contributed by atoms with Gasteiger partial charge in [-0.15, -0.1) is 0 Å². The molecule has 0 bridgehead atoms. The third-order valence-corrected chi connectivity index (χ3v) is 4.90. The Balaban J connectivity index is 1.50. The van der Waals surface area contributed by atoms with Crippen molar-refractivity contribution in [2.45, 2.75) is 13.0 Å². The number of hydrogen-bond donors (Lipinski definition) is 1. The molecule has 0 heterocycles. The maximum absolute atomic E-state index is 12.2. The van der Waals surface area contributed by atoms with Crippen LogP contribution in [0.1, 0.15) is 22.8 Å². The molecule has 3 aromatic rings. The number of amides is 1. The molecule has 1 amide bonds. The zero-order valence-corrected chi connectivity index (χ0v) is 19.3. The zero-order chi connectivity index (χ0) is 23.8. The molecule has 0 saturated heterocycles. The van der Waals surface area contributed by atoms with Crippen LogP contribution in [0.4, 0.5) is 0 Å². The normalized spacial score (nSPS) is 11.6. The maximum Gasteiger partial charge on any atom is 0.343 e. The van der Waals surface area contributed by atoms with Gasteiger partial charge in [-0.25, -0.2) is 10.2 Å². The number of carbonyl (C=O) groups excluding carboxylic acids is 2. The summed E-state index contributed by atoms with van der Waals surface area (Å²) in [5.74, 6) is 0.423. The van der Waals surface area contributed by atoms with Gasteiger partial charge in [0.05, 0.1) is 23.9 Å². The quantitative estimate of drug-likeness (QED) is 0.206. The molecule has 0 spiro atoms. The van der Waals surface area contributed by atoms with Crippen LogP contribution >= 0.6 is 23.2 Å². The van der Waals surface area contributed by atoms with Crippen LogP contribution in [-0.2, 0) is 4.79 Å². The minimum absolute atomic E-state index is 0.304. The summed E-state index contributed by atoms with van der Waals surface area (Å²) in [4.78, 5) is 24.4.